The van der Waals surface area contributed by atoms with Crippen molar-refractivity contribution in [1.29, 1.82) is 0 Å². The molecular weight excluding hydrogens is 312 g/mol. The van der Waals surface area contributed by atoms with Gasteiger partial charge in [0.2, 0.25) is 5.91 Å². The number of hydrogen-bond donors (Lipinski definition) is 1. The second-order valence-corrected chi connectivity index (χ2v) is 6.94. The monoisotopic (exact) mass is 338 g/mol. The van der Waals surface area contributed by atoms with Gasteiger partial charge in [0.1, 0.15) is 0 Å². The predicted octanol–water partition coefficient (Wildman–Crippen LogP) is 2.77. The summed E-state index contributed by atoms with van der Waals surface area (Å²) in [6.07, 6.45) is 2.73. The van der Waals surface area contributed by atoms with Crippen LogP contribution < -0.4 is 5.73 Å². The minimum absolute atomic E-state index is 0. The summed E-state index contributed by atoms with van der Waals surface area (Å²) in [6, 6.07) is 10.1. The number of carbonyl (C=O) groups is 1. The first-order chi connectivity index (χ1) is 10.6. The molecule has 1 aromatic carbocycles. The van der Waals surface area contributed by atoms with E-state index in [4.69, 9.17) is 10.5 Å². The van der Waals surface area contributed by atoms with E-state index in [1.165, 1.54) is 0 Å². The molecule has 0 saturated carbocycles. The van der Waals surface area contributed by atoms with Crippen LogP contribution in [0.15, 0.2) is 30.3 Å². The van der Waals surface area contributed by atoms with Gasteiger partial charge in [-0.1, -0.05) is 37.3 Å². The van der Waals surface area contributed by atoms with Crippen LogP contribution in [-0.2, 0) is 9.53 Å². The number of ether oxygens (including phenoxy) is 1. The van der Waals surface area contributed by atoms with E-state index in [0.29, 0.717) is 13.2 Å². The zero-order chi connectivity index (χ0) is 15.6. The molecule has 2 N–H and O–H groups in total. The van der Waals surface area contributed by atoms with E-state index in [0.717, 1.165) is 37.9 Å². The number of carbonyl (C=O) groups excluding carboxylic acids is 1. The highest BCUT2D eigenvalue weighted by molar-refractivity contribution is 5.85. The number of piperidine rings is 1. The minimum atomic E-state index is -0.0866. The number of likely N-dealkylation sites (tertiary alicyclic amines) is 1. The number of nitrogens with two attached hydrogens (primary N) is 1. The van der Waals surface area contributed by atoms with E-state index < -0.39 is 0 Å². The zero-order valence-electron chi connectivity index (χ0n) is 13.7. The molecule has 0 unspecified atom stereocenters. The van der Waals surface area contributed by atoms with Gasteiger partial charge >= 0.3 is 0 Å². The molecular formula is C18H27ClN2O2. The van der Waals surface area contributed by atoms with Gasteiger partial charge in [-0.2, -0.15) is 0 Å². The lowest BCUT2D eigenvalue weighted by Crippen LogP contribution is -2.47. The van der Waals surface area contributed by atoms with Crippen LogP contribution in [0, 0.1) is 11.3 Å². The third-order valence-corrected chi connectivity index (χ3v) is 5.31. The number of nitrogens with zero attached hydrogens (tertiary/aromatic N) is 1. The molecule has 1 aromatic rings. The van der Waals surface area contributed by atoms with Gasteiger partial charge in [-0.15, -0.1) is 12.4 Å². The largest absolute Gasteiger partial charge is 0.373 e. The Kier molecular flexibility index (Phi) is 6.06. The molecule has 5 heteroatoms. The van der Waals surface area contributed by atoms with Crippen molar-refractivity contribution in [3.63, 3.8) is 0 Å². The van der Waals surface area contributed by atoms with Gasteiger partial charge in [-0.25, -0.2) is 0 Å². The third-order valence-electron chi connectivity index (χ3n) is 5.31. The second kappa shape index (κ2) is 7.65. The highest BCUT2D eigenvalue weighted by atomic mass is 35.5. The molecule has 2 atom stereocenters. The van der Waals surface area contributed by atoms with Crippen molar-refractivity contribution < 1.29 is 9.53 Å². The number of halogens is 1. The van der Waals surface area contributed by atoms with Crippen molar-refractivity contribution in [2.45, 2.75) is 32.3 Å². The van der Waals surface area contributed by atoms with Gasteiger partial charge in [-0.3, -0.25) is 4.79 Å². The topological polar surface area (TPSA) is 55.6 Å². The van der Waals surface area contributed by atoms with Gasteiger partial charge < -0.3 is 15.4 Å². The summed E-state index contributed by atoms with van der Waals surface area (Å²) in [5.74, 6) is 0.218. The fraction of sp³-hybridized carbons (Fsp3) is 0.611. The Morgan fingerprint density at radius 2 is 1.96 bits per heavy atom. The molecule has 4 nitrogen and oxygen atoms in total. The average Bonchev–Trinajstić information content (AvgIpc) is 3.05. The van der Waals surface area contributed by atoms with Gasteiger partial charge in [0, 0.05) is 19.7 Å². The first-order valence-corrected chi connectivity index (χ1v) is 8.28. The van der Waals surface area contributed by atoms with E-state index in [1.807, 2.05) is 23.1 Å². The average molecular weight is 339 g/mol. The van der Waals surface area contributed by atoms with Gasteiger partial charge in [0.05, 0.1) is 12.0 Å². The van der Waals surface area contributed by atoms with Crippen LogP contribution in [0.2, 0.25) is 0 Å². The van der Waals surface area contributed by atoms with E-state index in [1.54, 1.807) is 0 Å². The number of amides is 1. The van der Waals surface area contributed by atoms with Gasteiger partial charge in [-0.05, 0) is 36.8 Å². The zero-order valence-corrected chi connectivity index (χ0v) is 14.6. The Morgan fingerprint density at radius 3 is 2.57 bits per heavy atom. The van der Waals surface area contributed by atoms with E-state index in [9.17, 15) is 4.79 Å². The lowest BCUT2D eigenvalue weighted by molar-refractivity contribution is -0.139. The number of hydrogen-bond acceptors (Lipinski definition) is 3. The first kappa shape index (κ1) is 18.2. The maximum Gasteiger partial charge on any atom is 0.228 e. The summed E-state index contributed by atoms with van der Waals surface area (Å²) >= 11 is 0. The SMILES string of the molecule is CC1(CN)CCN(C(=O)[C@@H]2CCO[C@H]2c2ccccc2)CC1.Cl. The second-order valence-electron chi connectivity index (χ2n) is 6.94. The Balaban J connectivity index is 0.00000192. The molecule has 1 amide bonds. The molecule has 128 valence electrons. The van der Waals surface area contributed by atoms with Crippen molar-refractivity contribution in [2.24, 2.45) is 17.1 Å². The standard InChI is InChI=1S/C18H26N2O2.ClH/c1-18(13-19)8-10-20(11-9-18)17(21)15-7-12-22-16(15)14-5-3-2-4-6-14;/h2-6,15-16H,7-13,19H2,1H3;1H/t15-,16+;/m1./s1. The molecule has 2 aliphatic heterocycles. The summed E-state index contributed by atoms with van der Waals surface area (Å²) in [5.41, 5.74) is 7.17. The highest BCUT2D eigenvalue weighted by Gasteiger charge is 2.39. The summed E-state index contributed by atoms with van der Waals surface area (Å²) < 4.78 is 5.86. The molecule has 2 saturated heterocycles. The van der Waals surface area contributed by atoms with E-state index in [2.05, 4.69) is 19.1 Å². The smallest absolute Gasteiger partial charge is 0.228 e. The first-order valence-electron chi connectivity index (χ1n) is 8.28. The molecule has 2 heterocycles. The normalized spacial score (nSPS) is 26.6. The van der Waals surface area contributed by atoms with Crippen LogP contribution in [0.25, 0.3) is 0 Å². The molecule has 23 heavy (non-hydrogen) atoms. The number of rotatable bonds is 3. The maximum absolute atomic E-state index is 12.9. The summed E-state index contributed by atoms with van der Waals surface area (Å²) in [4.78, 5) is 14.9. The lowest BCUT2D eigenvalue weighted by atomic mass is 9.80. The summed E-state index contributed by atoms with van der Waals surface area (Å²) in [7, 11) is 0. The fourth-order valence-electron chi connectivity index (χ4n) is 3.52. The van der Waals surface area contributed by atoms with Crippen LogP contribution in [0.1, 0.15) is 37.9 Å². The van der Waals surface area contributed by atoms with Crippen LogP contribution in [-0.4, -0.2) is 37.0 Å². The molecule has 2 fully saturated rings. The van der Waals surface area contributed by atoms with Crippen LogP contribution in [0.4, 0.5) is 0 Å². The highest BCUT2D eigenvalue weighted by Crippen LogP contribution is 2.37. The van der Waals surface area contributed by atoms with Crippen LogP contribution in [0.5, 0.6) is 0 Å². The van der Waals surface area contributed by atoms with Crippen LogP contribution in [0.3, 0.4) is 0 Å². The summed E-state index contributed by atoms with van der Waals surface area (Å²) in [6.45, 7) is 5.24. The third kappa shape index (κ3) is 3.87. The Labute approximate surface area is 144 Å². The van der Waals surface area contributed by atoms with Crippen molar-refractivity contribution >= 4 is 18.3 Å². The molecule has 0 radical (unpaired) electrons. The molecule has 2 aliphatic rings. The summed E-state index contributed by atoms with van der Waals surface area (Å²) in [5, 5.41) is 0. The molecule has 0 aliphatic carbocycles. The Hall–Kier alpha value is -1.10. The predicted molar refractivity (Wildman–Crippen MR) is 93.5 cm³/mol. The maximum atomic E-state index is 12.9. The Bertz CT molecular complexity index is 515. The van der Waals surface area contributed by atoms with E-state index in [-0.39, 0.29) is 35.8 Å². The van der Waals surface area contributed by atoms with Crippen molar-refractivity contribution in [1.82, 2.24) is 4.90 Å². The van der Waals surface area contributed by atoms with Crippen molar-refractivity contribution in [3.8, 4) is 0 Å². The molecule has 3 rings (SSSR count). The van der Waals surface area contributed by atoms with Crippen molar-refractivity contribution in [3.05, 3.63) is 35.9 Å². The Morgan fingerprint density at radius 1 is 1.30 bits per heavy atom. The lowest BCUT2D eigenvalue weighted by Gasteiger charge is -2.40. The van der Waals surface area contributed by atoms with Gasteiger partial charge in [0.25, 0.3) is 0 Å². The quantitative estimate of drug-likeness (QED) is 0.922. The number of benzene rings is 1. The minimum Gasteiger partial charge on any atom is -0.373 e. The van der Waals surface area contributed by atoms with E-state index >= 15 is 0 Å². The van der Waals surface area contributed by atoms with Crippen molar-refractivity contribution in [2.75, 3.05) is 26.2 Å². The molecule has 0 aromatic heterocycles. The fourth-order valence-corrected chi connectivity index (χ4v) is 3.52. The molecule has 0 bridgehead atoms. The van der Waals surface area contributed by atoms with Gasteiger partial charge in [0.15, 0.2) is 0 Å². The molecule has 0 spiro atoms. The van der Waals surface area contributed by atoms with Crippen LogP contribution >= 0.6 is 12.4 Å².